The van der Waals surface area contributed by atoms with E-state index in [2.05, 4.69) is 15.2 Å². The predicted molar refractivity (Wildman–Crippen MR) is 98.4 cm³/mol. The summed E-state index contributed by atoms with van der Waals surface area (Å²) in [5, 5.41) is 3.24. The van der Waals surface area contributed by atoms with Gasteiger partial charge in [0.05, 0.1) is 25.5 Å². The number of morpholine rings is 1. The van der Waals surface area contributed by atoms with E-state index in [1.807, 2.05) is 6.92 Å². The van der Waals surface area contributed by atoms with Crippen molar-refractivity contribution in [2.75, 3.05) is 58.2 Å². The largest absolute Gasteiger partial charge is 0.379 e. The highest BCUT2D eigenvalue weighted by Crippen LogP contribution is 2.08. The monoisotopic (exact) mass is 446 g/mol. The first kappa shape index (κ1) is 19.9. The second-order valence-electron chi connectivity index (χ2n) is 5.26. The zero-order chi connectivity index (χ0) is 15.1. The summed E-state index contributed by atoms with van der Waals surface area (Å²) in [4.78, 5) is 6.67. The molecule has 0 aliphatic carbocycles. The van der Waals surface area contributed by atoms with Gasteiger partial charge in [0.25, 0.3) is 0 Å². The Morgan fingerprint density at radius 3 is 2.41 bits per heavy atom. The standard InChI is InChI=1S/C13H26N4O3S.HI/c1-2-14-13(16-6-3-4-7-16)15-5-12-21(18,19)17-8-10-20-11-9-17;/h2-12H2,1H3,(H,14,15);1H. The Morgan fingerprint density at radius 1 is 1.18 bits per heavy atom. The molecule has 2 saturated heterocycles. The molecule has 0 aromatic heterocycles. The Labute approximate surface area is 150 Å². The lowest BCUT2D eigenvalue weighted by Crippen LogP contribution is -2.43. The molecule has 7 nitrogen and oxygen atoms in total. The average Bonchev–Trinajstić information content (AvgIpc) is 3.01. The van der Waals surface area contributed by atoms with Crippen LogP contribution < -0.4 is 5.32 Å². The first-order valence-corrected chi connectivity index (χ1v) is 9.33. The van der Waals surface area contributed by atoms with Gasteiger partial charge in [-0.1, -0.05) is 0 Å². The first-order chi connectivity index (χ1) is 10.1. The van der Waals surface area contributed by atoms with Crippen LogP contribution in [0.5, 0.6) is 0 Å². The molecular formula is C13H27IN4O3S. The molecule has 0 spiro atoms. The SMILES string of the molecule is CCNC(=NCCS(=O)(=O)N1CCOCC1)N1CCCC1.I. The van der Waals surface area contributed by atoms with Crippen molar-refractivity contribution in [1.82, 2.24) is 14.5 Å². The minimum absolute atomic E-state index is 0. The summed E-state index contributed by atoms with van der Waals surface area (Å²) in [7, 11) is -3.22. The van der Waals surface area contributed by atoms with E-state index in [0.29, 0.717) is 32.8 Å². The summed E-state index contributed by atoms with van der Waals surface area (Å²) in [6.45, 7) is 7.01. The van der Waals surface area contributed by atoms with Gasteiger partial charge < -0.3 is 15.0 Å². The van der Waals surface area contributed by atoms with E-state index in [-0.39, 0.29) is 29.7 Å². The van der Waals surface area contributed by atoms with Gasteiger partial charge in [0.15, 0.2) is 5.96 Å². The van der Waals surface area contributed by atoms with Crippen molar-refractivity contribution in [3.8, 4) is 0 Å². The maximum atomic E-state index is 12.2. The number of sulfonamides is 1. The molecule has 2 rings (SSSR count). The molecule has 0 bridgehead atoms. The summed E-state index contributed by atoms with van der Waals surface area (Å²) in [6, 6.07) is 0. The molecule has 0 saturated carbocycles. The predicted octanol–water partition coefficient (Wildman–Crippen LogP) is 0.328. The quantitative estimate of drug-likeness (QED) is 0.374. The van der Waals surface area contributed by atoms with Crippen LogP contribution in [0.1, 0.15) is 19.8 Å². The van der Waals surface area contributed by atoms with Gasteiger partial charge in [-0.2, -0.15) is 4.31 Å². The zero-order valence-corrected chi connectivity index (χ0v) is 16.3. The Hall–Kier alpha value is -0.130. The second kappa shape index (κ2) is 9.89. The summed E-state index contributed by atoms with van der Waals surface area (Å²) in [6.07, 6.45) is 2.35. The van der Waals surface area contributed by atoms with Gasteiger partial charge in [0.2, 0.25) is 10.0 Å². The van der Waals surface area contributed by atoms with E-state index in [9.17, 15) is 8.42 Å². The molecule has 0 aromatic rings. The van der Waals surface area contributed by atoms with Crippen LogP contribution in [-0.2, 0) is 14.8 Å². The van der Waals surface area contributed by atoms with Gasteiger partial charge in [-0.3, -0.25) is 4.99 Å². The number of hydrogen-bond donors (Lipinski definition) is 1. The lowest BCUT2D eigenvalue weighted by atomic mass is 10.4. The van der Waals surface area contributed by atoms with Gasteiger partial charge in [-0.15, -0.1) is 24.0 Å². The number of aliphatic imine (C=N–C) groups is 1. The van der Waals surface area contributed by atoms with Crippen LogP contribution in [0.4, 0.5) is 0 Å². The molecule has 1 N–H and O–H groups in total. The number of rotatable bonds is 5. The first-order valence-electron chi connectivity index (χ1n) is 7.72. The number of ether oxygens (including phenoxy) is 1. The fourth-order valence-electron chi connectivity index (χ4n) is 2.58. The van der Waals surface area contributed by atoms with Crippen LogP contribution in [0.15, 0.2) is 4.99 Å². The lowest BCUT2D eigenvalue weighted by Gasteiger charge is -2.26. The van der Waals surface area contributed by atoms with Gasteiger partial charge >= 0.3 is 0 Å². The van der Waals surface area contributed by atoms with Crippen LogP contribution in [0, 0.1) is 0 Å². The minimum Gasteiger partial charge on any atom is -0.379 e. The number of nitrogens with zero attached hydrogens (tertiary/aromatic N) is 3. The summed E-state index contributed by atoms with van der Waals surface area (Å²) in [5.41, 5.74) is 0. The van der Waals surface area contributed by atoms with E-state index < -0.39 is 10.0 Å². The van der Waals surface area contributed by atoms with Crippen LogP contribution >= 0.6 is 24.0 Å². The fraction of sp³-hybridized carbons (Fsp3) is 0.923. The molecule has 0 radical (unpaired) electrons. The molecule has 2 aliphatic heterocycles. The zero-order valence-electron chi connectivity index (χ0n) is 13.2. The lowest BCUT2D eigenvalue weighted by molar-refractivity contribution is 0.0731. The van der Waals surface area contributed by atoms with Crippen LogP contribution in [0.2, 0.25) is 0 Å². The number of guanidine groups is 1. The third kappa shape index (κ3) is 5.82. The second-order valence-corrected chi connectivity index (χ2v) is 7.35. The van der Waals surface area contributed by atoms with Crippen LogP contribution in [0.25, 0.3) is 0 Å². The van der Waals surface area contributed by atoms with Crippen molar-refractivity contribution in [1.29, 1.82) is 0 Å². The number of likely N-dealkylation sites (tertiary alicyclic amines) is 1. The molecule has 22 heavy (non-hydrogen) atoms. The molecule has 130 valence electrons. The number of nitrogens with one attached hydrogen (secondary N) is 1. The smallest absolute Gasteiger partial charge is 0.216 e. The molecule has 0 unspecified atom stereocenters. The highest BCUT2D eigenvalue weighted by Gasteiger charge is 2.24. The maximum absolute atomic E-state index is 12.2. The number of halogens is 1. The van der Waals surface area contributed by atoms with Crippen molar-refractivity contribution in [2.24, 2.45) is 4.99 Å². The highest BCUT2D eigenvalue weighted by molar-refractivity contribution is 14.0. The van der Waals surface area contributed by atoms with Gasteiger partial charge in [0.1, 0.15) is 0 Å². The Kier molecular flexibility index (Phi) is 8.95. The molecule has 2 aliphatic rings. The molecule has 0 amide bonds. The van der Waals surface area contributed by atoms with Crippen molar-refractivity contribution < 1.29 is 13.2 Å². The highest BCUT2D eigenvalue weighted by atomic mass is 127. The van der Waals surface area contributed by atoms with Crippen molar-refractivity contribution in [3.05, 3.63) is 0 Å². The van der Waals surface area contributed by atoms with Crippen LogP contribution in [-0.4, -0.2) is 81.8 Å². The molecular weight excluding hydrogens is 419 g/mol. The normalized spacial score (nSPS) is 20.8. The Bertz CT molecular complexity index is 446. The fourth-order valence-corrected chi connectivity index (χ4v) is 3.86. The Balaban J connectivity index is 0.00000242. The summed E-state index contributed by atoms with van der Waals surface area (Å²) in [5.74, 6) is 0.905. The van der Waals surface area contributed by atoms with Crippen LogP contribution in [0.3, 0.4) is 0 Å². The van der Waals surface area contributed by atoms with E-state index in [1.54, 1.807) is 0 Å². The minimum atomic E-state index is -3.22. The molecule has 9 heteroatoms. The maximum Gasteiger partial charge on any atom is 0.216 e. The van der Waals surface area contributed by atoms with E-state index >= 15 is 0 Å². The van der Waals surface area contributed by atoms with E-state index in [1.165, 1.54) is 17.1 Å². The van der Waals surface area contributed by atoms with Crippen molar-refractivity contribution in [3.63, 3.8) is 0 Å². The van der Waals surface area contributed by atoms with Gasteiger partial charge in [-0.25, -0.2) is 8.42 Å². The average molecular weight is 446 g/mol. The van der Waals surface area contributed by atoms with Gasteiger partial charge in [0, 0.05) is 32.7 Å². The Morgan fingerprint density at radius 2 is 1.82 bits per heavy atom. The van der Waals surface area contributed by atoms with Crippen molar-refractivity contribution in [2.45, 2.75) is 19.8 Å². The van der Waals surface area contributed by atoms with E-state index in [4.69, 9.17) is 4.74 Å². The molecule has 2 fully saturated rings. The molecule has 0 aromatic carbocycles. The number of hydrogen-bond acceptors (Lipinski definition) is 4. The van der Waals surface area contributed by atoms with Crippen molar-refractivity contribution >= 4 is 40.0 Å². The molecule has 0 atom stereocenters. The van der Waals surface area contributed by atoms with Gasteiger partial charge in [-0.05, 0) is 19.8 Å². The summed E-state index contributed by atoms with van der Waals surface area (Å²) < 4.78 is 31.1. The van der Waals surface area contributed by atoms with E-state index in [0.717, 1.165) is 25.6 Å². The topological polar surface area (TPSA) is 74.2 Å². The summed E-state index contributed by atoms with van der Waals surface area (Å²) >= 11 is 0. The third-order valence-electron chi connectivity index (χ3n) is 3.71. The molecule has 2 heterocycles. The third-order valence-corrected chi connectivity index (χ3v) is 5.57.